The van der Waals surface area contributed by atoms with Crippen molar-refractivity contribution < 1.29 is 4.79 Å². The Balaban J connectivity index is 2.12. The van der Waals surface area contributed by atoms with Gasteiger partial charge in [-0.15, -0.1) is 0 Å². The van der Waals surface area contributed by atoms with Crippen LogP contribution < -0.4 is 5.73 Å². The molecule has 0 aromatic heterocycles. The van der Waals surface area contributed by atoms with E-state index in [1.807, 2.05) is 36.2 Å². The van der Waals surface area contributed by atoms with Crippen LogP contribution in [0.1, 0.15) is 41.6 Å². The van der Waals surface area contributed by atoms with Gasteiger partial charge in [0, 0.05) is 25.2 Å². The van der Waals surface area contributed by atoms with Crippen LogP contribution in [-0.2, 0) is 6.54 Å². The van der Waals surface area contributed by atoms with Crippen LogP contribution in [0.5, 0.6) is 0 Å². The van der Waals surface area contributed by atoms with Gasteiger partial charge in [-0.1, -0.05) is 25.0 Å². The zero-order valence-corrected chi connectivity index (χ0v) is 10.4. The van der Waals surface area contributed by atoms with Crippen molar-refractivity contribution in [2.24, 2.45) is 5.73 Å². The third-order valence-electron chi connectivity index (χ3n) is 3.60. The van der Waals surface area contributed by atoms with E-state index in [0.29, 0.717) is 12.6 Å². The zero-order valence-electron chi connectivity index (χ0n) is 10.4. The number of carbonyl (C=O) groups is 1. The number of carbonyl (C=O) groups excluding carboxylic acids is 1. The molecule has 1 aromatic rings. The minimum atomic E-state index is 0.118. The SMILES string of the molecule is CN(C(=O)c1cccc(CN)c1)C1CCCC1. The van der Waals surface area contributed by atoms with Crippen LogP contribution in [0.25, 0.3) is 0 Å². The molecule has 0 unspecified atom stereocenters. The molecule has 1 aliphatic rings. The molecule has 17 heavy (non-hydrogen) atoms. The maximum atomic E-state index is 12.3. The standard InChI is InChI=1S/C14H20N2O/c1-16(13-7-2-3-8-13)14(17)12-6-4-5-11(9-12)10-15/h4-6,9,13H,2-3,7-8,10,15H2,1H3. The summed E-state index contributed by atoms with van der Waals surface area (Å²) in [6.45, 7) is 0.480. The molecule has 1 saturated carbocycles. The van der Waals surface area contributed by atoms with Crippen molar-refractivity contribution in [3.63, 3.8) is 0 Å². The second-order valence-corrected chi connectivity index (χ2v) is 4.76. The van der Waals surface area contributed by atoms with Crippen molar-refractivity contribution >= 4 is 5.91 Å². The average Bonchev–Trinajstić information content (AvgIpc) is 2.91. The molecule has 1 aliphatic carbocycles. The van der Waals surface area contributed by atoms with Gasteiger partial charge in [0.1, 0.15) is 0 Å². The minimum Gasteiger partial charge on any atom is -0.339 e. The molecular weight excluding hydrogens is 212 g/mol. The van der Waals surface area contributed by atoms with Gasteiger partial charge in [-0.05, 0) is 30.5 Å². The molecule has 0 saturated heterocycles. The fourth-order valence-corrected chi connectivity index (χ4v) is 2.49. The molecule has 92 valence electrons. The summed E-state index contributed by atoms with van der Waals surface area (Å²) in [5.41, 5.74) is 7.35. The summed E-state index contributed by atoms with van der Waals surface area (Å²) >= 11 is 0. The molecule has 0 bridgehead atoms. The number of hydrogen-bond acceptors (Lipinski definition) is 2. The molecule has 0 heterocycles. The van der Waals surface area contributed by atoms with E-state index in [2.05, 4.69) is 0 Å². The van der Waals surface area contributed by atoms with Crippen molar-refractivity contribution in [1.82, 2.24) is 4.90 Å². The number of hydrogen-bond donors (Lipinski definition) is 1. The first-order valence-electron chi connectivity index (χ1n) is 6.28. The summed E-state index contributed by atoms with van der Waals surface area (Å²) in [6.07, 6.45) is 4.76. The smallest absolute Gasteiger partial charge is 0.253 e. The lowest BCUT2D eigenvalue weighted by Gasteiger charge is -2.24. The molecule has 1 fully saturated rings. The molecular formula is C14H20N2O. The Morgan fingerprint density at radius 1 is 1.41 bits per heavy atom. The molecule has 0 atom stereocenters. The third kappa shape index (κ3) is 2.67. The highest BCUT2D eigenvalue weighted by molar-refractivity contribution is 5.94. The minimum absolute atomic E-state index is 0.118. The first-order chi connectivity index (χ1) is 8.22. The Bertz CT molecular complexity index is 397. The van der Waals surface area contributed by atoms with Gasteiger partial charge in [0.05, 0.1) is 0 Å². The van der Waals surface area contributed by atoms with Crippen LogP contribution in [0.2, 0.25) is 0 Å². The Morgan fingerprint density at radius 3 is 2.76 bits per heavy atom. The lowest BCUT2D eigenvalue weighted by molar-refractivity contribution is 0.0735. The summed E-state index contributed by atoms with van der Waals surface area (Å²) in [5, 5.41) is 0. The number of rotatable bonds is 3. The van der Waals surface area contributed by atoms with Crippen molar-refractivity contribution in [2.45, 2.75) is 38.3 Å². The predicted molar refractivity (Wildman–Crippen MR) is 68.7 cm³/mol. The molecule has 2 rings (SSSR count). The largest absolute Gasteiger partial charge is 0.339 e. The molecule has 0 spiro atoms. The van der Waals surface area contributed by atoms with Gasteiger partial charge < -0.3 is 10.6 Å². The second-order valence-electron chi connectivity index (χ2n) is 4.76. The lowest BCUT2D eigenvalue weighted by atomic mass is 10.1. The number of nitrogens with two attached hydrogens (primary N) is 1. The molecule has 1 amide bonds. The molecule has 0 radical (unpaired) electrons. The Labute approximate surface area is 103 Å². The predicted octanol–water partition coefficient (Wildman–Crippen LogP) is 2.16. The van der Waals surface area contributed by atoms with E-state index in [1.54, 1.807) is 0 Å². The highest BCUT2D eigenvalue weighted by Crippen LogP contribution is 2.23. The van der Waals surface area contributed by atoms with Crippen LogP contribution in [0.15, 0.2) is 24.3 Å². The maximum absolute atomic E-state index is 12.3. The zero-order chi connectivity index (χ0) is 12.3. The van der Waals surface area contributed by atoms with Gasteiger partial charge in [0.25, 0.3) is 5.91 Å². The van der Waals surface area contributed by atoms with Crippen LogP contribution in [-0.4, -0.2) is 23.9 Å². The quantitative estimate of drug-likeness (QED) is 0.868. The van der Waals surface area contributed by atoms with Crippen LogP contribution in [0.3, 0.4) is 0 Å². The van der Waals surface area contributed by atoms with E-state index in [-0.39, 0.29) is 5.91 Å². The Hall–Kier alpha value is -1.35. The van der Waals surface area contributed by atoms with E-state index in [0.717, 1.165) is 24.0 Å². The number of nitrogens with zero attached hydrogens (tertiary/aromatic N) is 1. The van der Waals surface area contributed by atoms with Gasteiger partial charge in [-0.25, -0.2) is 0 Å². The average molecular weight is 232 g/mol. The van der Waals surface area contributed by atoms with Gasteiger partial charge in [-0.2, -0.15) is 0 Å². The van der Waals surface area contributed by atoms with Crippen LogP contribution >= 0.6 is 0 Å². The van der Waals surface area contributed by atoms with E-state index in [4.69, 9.17) is 5.73 Å². The van der Waals surface area contributed by atoms with Gasteiger partial charge in [0.2, 0.25) is 0 Å². The Morgan fingerprint density at radius 2 is 2.12 bits per heavy atom. The number of benzene rings is 1. The highest BCUT2D eigenvalue weighted by atomic mass is 16.2. The third-order valence-corrected chi connectivity index (χ3v) is 3.60. The van der Waals surface area contributed by atoms with E-state index in [1.165, 1.54) is 12.8 Å². The van der Waals surface area contributed by atoms with Gasteiger partial charge >= 0.3 is 0 Å². The monoisotopic (exact) mass is 232 g/mol. The van der Waals surface area contributed by atoms with Gasteiger partial charge in [-0.3, -0.25) is 4.79 Å². The van der Waals surface area contributed by atoms with E-state index in [9.17, 15) is 4.79 Å². The lowest BCUT2D eigenvalue weighted by Crippen LogP contribution is -2.35. The summed E-state index contributed by atoms with van der Waals surface area (Å²) in [4.78, 5) is 14.2. The summed E-state index contributed by atoms with van der Waals surface area (Å²) in [5.74, 6) is 0.118. The summed E-state index contributed by atoms with van der Waals surface area (Å²) in [7, 11) is 1.91. The van der Waals surface area contributed by atoms with E-state index < -0.39 is 0 Å². The molecule has 2 N–H and O–H groups in total. The van der Waals surface area contributed by atoms with Crippen LogP contribution in [0.4, 0.5) is 0 Å². The highest BCUT2D eigenvalue weighted by Gasteiger charge is 2.24. The van der Waals surface area contributed by atoms with E-state index >= 15 is 0 Å². The molecule has 3 nitrogen and oxygen atoms in total. The van der Waals surface area contributed by atoms with Crippen molar-refractivity contribution in [3.05, 3.63) is 35.4 Å². The summed E-state index contributed by atoms with van der Waals surface area (Å²) in [6, 6.07) is 8.04. The second kappa shape index (κ2) is 5.32. The van der Waals surface area contributed by atoms with Gasteiger partial charge in [0.15, 0.2) is 0 Å². The fraction of sp³-hybridized carbons (Fsp3) is 0.500. The van der Waals surface area contributed by atoms with Crippen LogP contribution in [0, 0.1) is 0 Å². The maximum Gasteiger partial charge on any atom is 0.253 e. The normalized spacial score (nSPS) is 16.1. The van der Waals surface area contributed by atoms with Crippen molar-refractivity contribution in [3.8, 4) is 0 Å². The molecule has 1 aromatic carbocycles. The molecule has 0 aliphatic heterocycles. The first-order valence-corrected chi connectivity index (χ1v) is 6.28. The van der Waals surface area contributed by atoms with Crippen molar-refractivity contribution in [1.29, 1.82) is 0 Å². The fourth-order valence-electron chi connectivity index (χ4n) is 2.49. The number of amides is 1. The topological polar surface area (TPSA) is 46.3 Å². The van der Waals surface area contributed by atoms with Crippen molar-refractivity contribution in [2.75, 3.05) is 7.05 Å². The molecule has 3 heteroatoms. The Kier molecular flexibility index (Phi) is 3.79. The summed E-state index contributed by atoms with van der Waals surface area (Å²) < 4.78 is 0. The first kappa shape index (κ1) is 12.1.